The van der Waals surface area contributed by atoms with Crippen molar-refractivity contribution in [3.8, 4) is 0 Å². The van der Waals surface area contributed by atoms with Crippen LogP contribution in [0, 0.1) is 5.82 Å². The molecule has 1 aromatic heterocycles. The molecule has 2 aromatic rings. The average Bonchev–Trinajstić information content (AvgIpc) is 2.45. The first-order chi connectivity index (χ1) is 9.26. The predicted molar refractivity (Wildman–Crippen MR) is 80.0 cm³/mol. The zero-order chi connectivity index (χ0) is 13.7. The summed E-state index contributed by atoms with van der Waals surface area (Å²) in [5.74, 6) is -0.164. The maximum Gasteiger partial charge on any atom is 0.129 e. The minimum atomic E-state index is -0.164. The van der Waals surface area contributed by atoms with Gasteiger partial charge in [-0.3, -0.25) is 4.98 Å². The molecule has 0 aliphatic carbocycles. The van der Waals surface area contributed by atoms with Gasteiger partial charge in [-0.15, -0.1) is 0 Å². The van der Waals surface area contributed by atoms with Crippen molar-refractivity contribution in [1.82, 2.24) is 4.98 Å². The Morgan fingerprint density at radius 2 is 1.95 bits per heavy atom. The van der Waals surface area contributed by atoms with Crippen LogP contribution in [0.3, 0.4) is 0 Å². The number of alkyl halides is 1. The Morgan fingerprint density at radius 1 is 1.21 bits per heavy atom. The van der Waals surface area contributed by atoms with Crippen LogP contribution in [0.15, 0.2) is 42.7 Å². The molecular weight excluding hydrogens is 307 g/mol. The van der Waals surface area contributed by atoms with E-state index in [1.54, 1.807) is 18.5 Å². The summed E-state index contributed by atoms with van der Waals surface area (Å²) >= 11 is 3.37. The molecule has 2 nitrogen and oxygen atoms in total. The molecule has 0 fully saturated rings. The Balaban J connectivity index is 2.30. The summed E-state index contributed by atoms with van der Waals surface area (Å²) in [6, 6.07) is 9.18. The van der Waals surface area contributed by atoms with Crippen molar-refractivity contribution in [2.75, 3.05) is 11.4 Å². The number of anilines is 1. The van der Waals surface area contributed by atoms with Crippen molar-refractivity contribution in [2.45, 2.75) is 18.8 Å². The van der Waals surface area contributed by atoms with E-state index in [1.807, 2.05) is 18.2 Å². The molecule has 0 amide bonds. The summed E-state index contributed by atoms with van der Waals surface area (Å²) in [7, 11) is 0. The second-order valence-electron chi connectivity index (χ2n) is 4.24. The van der Waals surface area contributed by atoms with Gasteiger partial charge in [-0.25, -0.2) is 4.39 Å². The molecule has 2 rings (SSSR count). The number of benzene rings is 1. The zero-order valence-corrected chi connectivity index (χ0v) is 12.4. The minimum absolute atomic E-state index is 0.164. The number of hydrogen-bond acceptors (Lipinski definition) is 2. The van der Waals surface area contributed by atoms with Gasteiger partial charge in [0.05, 0.1) is 0 Å². The Morgan fingerprint density at radius 3 is 2.58 bits per heavy atom. The second-order valence-corrected chi connectivity index (χ2v) is 4.80. The number of aromatic nitrogens is 1. The van der Waals surface area contributed by atoms with Crippen LogP contribution in [0.4, 0.5) is 10.1 Å². The molecule has 19 heavy (non-hydrogen) atoms. The highest BCUT2D eigenvalue weighted by Gasteiger charge is 2.13. The Hall–Kier alpha value is -1.42. The third kappa shape index (κ3) is 3.32. The van der Waals surface area contributed by atoms with Gasteiger partial charge >= 0.3 is 0 Å². The van der Waals surface area contributed by atoms with E-state index >= 15 is 0 Å². The first-order valence-corrected chi connectivity index (χ1v) is 7.35. The van der Waals surface area contributed by atoms with Gasteiger partial charge in [-0.05, 0) is 36.8 Å². The van der Waals surface area contributed by atoms with Crippen molar-refractivity contribution >= 4 is 21.6 Å². The summed E-state index contributed by atoms with van der Waals surface area (Å²) in [6.07, 6.45) is 3.56. The first kappa shape index (κ1) is 14.0. The van der Waals surface area contributed by atoms with Crippen molar-refractivity contribution in [3.05, 3.63) is 59.7 Å². The van der Waals surface area contributed by atoms with Gasteiger partial charge in [0.25, 0.3) is 0 Å². The summed E-state index contributed by atoms with van der Waals surface area (Å²) in [6.45, 7) is 3.65. The van der Waals surface area contributed by atoms with E-state index in [0.29, 0.717) is 10.9 Å². The van der Waals surface area contributed by atoms with E-state index in [0.717, 1.165) is 18.8 Å². The third-order valence-corrected chi connectivity index (χ3v) is 3.63. The maximum absolute atomic E-state index is 13.8. The number of pyridine rings is 1. The van der Waals surface area contributed by atoms with Crippen LogP contribution < -0.4 is 4.90 Å². The van der Waals surface area contributed by atoms with Crippen LogP contribution in [-0.4, -0.2) is 11.5 Å². The van der Waals surface area contributed by atoms with Gasteiger partial charge in [0.1, 0.15) is 5.82 Å². The number of halogens is 2. The lowest BCUT2D eigenvalue weighted by Gasteiger charge is -2.25. The quantitative estimate of drug-likeness (QED) is 0.769. The third-order valence-electron chi connectivity index (χ3n) is 3.07. The van der Waals surface area contributed by atoms with Gasteiger partial charge in [-0.1, -0.05) is 22.0 Å². The van der Waals surface area contributed by atoms with Crippen molar-refractivity contribution in [3.63, 3.8) is 0 Å². The standard InChI is InChI=1S/C15H16BrFN2/c1-2-19(11-12-6-8-18-9-7-12)15-5-3-4-14(17)13(15)10-16/h3-9H,2,10-11H2,1H3. The molecule has 0 unspecified atom stereocenters. The molecule has 0 spiro atoms. The smallest absolute Gasteiger partial charge is 0.129 e. The van der Waals surface area contributed by atoms with Gasteiger partial charge in [0.2, 0.25) is 0 Å². The average molecular weight is 323 g/mol. The number of hydrogen-bond donors (Lipinski definition) is 0. The lowest BCUT2D eigenvalue weighted by Crippen LogP contribution is -2.23. The summed E-state index contributed by atoms with van der Waals surface area (Å²) in [5.41, 5.74) is 2.82. The molecule has 0 bridgehead atoms. The molecule has 4 heteroatoms. The molecule has 1 heterocycles. The monoisotopic (exact) mass is 322 g/mol. The number of nitrogens with zero attached hydrogens (tertiary/aromatic N) is 2. The lowest BCUT2D eigenvalue weighted by atomic mass is 10.1. The summed E-state index contributed by atoms with van der Waals surface area (Å²) in [5, 5.41) is 0.516. The van der Waals surface area contributed by atoms with E-state index in [1.165, 1.54) is 11.6 Å². The lowest BCUT2D eigenvalue weighted by molar-refractivity contribution is 0.616. The highest BCUT2D eigenvalue weighted by molar-refractivity contribution is 9.08. The van der Waals surface area contributed by atoms with Crippen LogP contribution >= 0.6 is 15.9 Å². The SMILES string of the molecule is CCN(Cc1ccncc1)c1cccc(F)c1CBr. The summed E-state index contributed by atoms with van der Waals surface area (Å²) in [4.78, 5) is 6.17. The predicted octanol–water partition coefficient (Wildman–Crippen LogP) is 4.14. The highest BCUT2D eigenvalue weighted by Crippen LogP contribution is 2.26. The van der Waals surface area contributed by atoms with Gasteiger partial charge in [-0.2, -0.15) is 0 Å². The van der Waals surface area contributed by atoms with Crippen molar-refractivity contribution < 1.29 is 4.39 Å². The maximum atomic E-state index is 13.8. The zero-order valence-electron chi connectivity index (χ0n) is 10.8. The van der Waals surface area contributed by atoms with E-state index < -0.39 is 0 Å². The van der Waals surface area contributed by atoms with Crippen molar-refractivity contribution in [2.24, 2.45) is 0 Å². The van der Waals surface area contributed by atoms with Crippen LogP contribution in [0.2, 0.25) is 0 Å². The topological polar surface area (TPSA) is 16.1 Å². The molecule has 100 valence electrons. The van der Waals surface area contributed by atoms with Gasteiger partial charge in [0.15, 0.2) is 0 Å². The normalized spacial score (nSPS) is 10.5. The molecule has 0 aliphatic heterocycles. The molecule has 0 saturated heterocycles. The molecule has 1 aromatic carbocycles. The Labute approximate surface area is 121 Å². The minimum Gasteiger partial charge on any atom is -0.367 e. The molecule has 0 atom stereocenters. The summed E-state index contributed by atoms with van der Waals surface area (Å²) < 4.78 is 13.8. The first-order valence-electron chi connectivity index (χ1n) is 6.23. The fourth-order valence-corrected chi connectivity index (χ4v) is 2.61. The van der Waals surface area contributed by atoms with Gasteiger partial charge in [0, 0.05) is 42.1 Å². The Kier molecular flexibility index (Phi) is 4.91. The molecule has 0 aliphatic rings. The van der Waals surface area contributed by atoms with Crippen LogP contribution in [-0.2, 0) is 11.9 Å². The van der Waals surface area contributed by atoms with Gasteiger partial charge < -0.3 is 4.90 Å². The van der Waals surface area contributed by atoms with Crippen LogP contribution in [0.1, 0.15) is 18.1 Å². The van der Waals surface area contributed by atoms with Crippen LogP contribution in [0.25, 0.3) is 0 Å². The fourth-order valence-electron chi connectivity index (χ4n) is 2.05. The molecule has 0 saturated carbocycles. The molecule has 0 N–H and O–H groups in total. The largest absolute Gasteiger partial charge is 0.367 e. The Bertz CT molecular complexity index is 531. The molecule has 0 radical (unpaired) electrons. The van der Waals surface area contributed by atoms with Crippen molar-refractivity contribution in [1.29, 1.82) is 0 Å². The van der Waals surface area contributed by atoms with E-state index in [9.17, 15) is 4.39 Å². The highest BCUT2D eigenvalue weighted by atomic mass is 79.9. The second kappa shape index (κ2) is 6.66. The fraction of sp³-hybridized carbons (Fsp3) is 0.267. The van der Waals surface area contributed by atoms with Crippen LogP contribution in [0.5, 0.6) is 0 Å². The van der Waals surface area contributed by atoms with E-state index in [4.69, 9.17) is 0 Å². The van der Waals surface area contributed by atoms with E-state index in [2.05, 4.69) is 32.7 Å². The number of rotatable bonds is 5. The molecular formula is C15H16BrFN2. The van der Waals surface area contributed by atoms with E-state index in [-0.39, 0.29) is 5.82 Å².